The first-order chi connectivity index (χ1) is 8.11. The summed E-state index contributed by atoms with van der Waals surface area (Å²) in [4.78, 5) is 2.28. The van der Waals surface area contributed by atoms with Gasteiger partial charge in [-0.05, 0) is 12.8 Å². The van der Waals surface area contributed by atoms with Crippen LogP contribution in [-0.2, 0) is 4.74 Å². The highest BCUT2D eigenvalue weighted by atomic mass is 16.5. The van der Waals surface area contributed by atoms with Gasteiger partial charge in [-0.25, -0.2) is 0 Å². The van der Waals surface area contributed by atoms with Gasteiger partial charge in [-0.15, -0.1) is 0 Å². The highest BCUT2D eigenvalue weighted by molar-refractivity contribution is 5.05. The molecule has 1 saturated carbocycles. The summed E-state index contributed by atoms with van der Waals surface area (Å²) in [7, 11) is 1.61. The topological polar surface area (TPSA) is 56.5 Å². The first-order valence-corrected chi connectivity index (χ1v) is 6.53. The molecule has 96 valence electrons. The van der Waals surface area contributed by atoms with Crippen molar-refractivity contribution in [2.24, 2.45) is 0 Å². The van der Waals surface area contributed by atoms with Crippen molar-refractivity contribution in [3.05, 3.63) is 0 Å². The quantitative estimate of drug-likeness (QED) is 0.805. The van der Waals surface area contributed by atoms with Crippen LogP contribution in [0.1, 0.15) is 38.5 Å². The van der Waals surface area contributed by atoms with E-state index in [0.29, 0.717) is 0 Å². The van der Waals surface area contributed by atoms with Gasteiger partial charge < -0.3 is 14.7 Å². The number of hydrogen-bond acceptors (Lipinski definition) is 4. The maximum absolute atomic E-state index is 10.4. The van der Waals surface area contributed by atoms with Gasteiger partial charge in [-0.2, -0.15) is 5.26 Å². The molecule has 0 unspecified atom stereocenters. The minimum atomic E-state index is -0.588. The van der Waals surface area contributed by atoms with E-state index in [9.17, 15) is 5.11 Å². The van der Waals surface area contributed by atoms with Crippen LogP contribution in [0.3, 0.4) is 0 Å². The van der Waals surface area contributed by atoms with Gasteiger partial charge >= 0.3 is 0 Å². The number of nitrogens with zero attached hydrogens (tertiary/aromatic N) is 2. The smallest absolute Gasteiger partial charge is 0.156 e. The number of hydrogen-bond donors (Lipinski definition) is 1. The summed E-state index contributed by atoms with van der Waals surface area (Å²) in [5.74, 6) is 0. The molecule has 1 heterocycles. The Bertz CT molecular complexity index is 297. The third-order valence-corrected chi connectivity index (χ3v) is 4.31. The zero-order valence-corrected chi connectivity index (χ0v) is 10.6. The molecule has 0 radical (unpaired) electrons. The minimum absolute atomic E-state index is 0.473. The Morgan fingerprint density at radius 1 is 1.24 bits per heavy atom. The van der Waals surface area contributed by atoms with Crippen molar-refractivity contribution in [3.63, 3.8) is 0 Å². The summed E-state index contributed by atoms with van der Waals surface area (Å²) in [5.41, 5.74) is -1.06. The molecule has 17 heavy (non-hydrogen) atoms. The second-order valence-electron chi connectivity index (χ2n) is 5.52. The van der Waals surface area contributed by atoms with Gasteiger partial charge in [-0.3, -0.25) is 0 Å². The number of likely N-dealkylation sites (tertiary alicyclic amines) is 1. The van der Waals surface area contributed by atoms with E-state index in [4.69, 9.17) is 10.00 Å². The number of piperidine rings is 1. The molecular weight excluding hydrogens is 216 g/mol. The molecule has 2 aliphatic rings. The number of aliphatic hydroxyl groups is 1. The monoisotopic (exact) mass is 238 g/mol. The van der Waals surface area contributed by atoms with Crippen LogP contribution in [0.15, 0.2) is 0 Å². The first kappa shape index (κ1) is 12.8. The second kappa shape index (κ2) is 4.93. The molecule has 2 rings (SSSR count). The summed E-state index contributed by atoms with van der Waals surface area (Å²) in [5, 5.41) is 19.5. The highest BCUT2D eigenvalue weighted by Crippen LogP contribution is 2.32. The first-order valence-electron chi connectivity index (χ1n) is 6.53. The van der Waals surface area contributed by atoms with Crippen molar-refractivity contribution in [2.45, 2.75) is 49.7 Å². The second-order valence-corrected chi connectivity index (χ2v) is 5.52. The summed E-state index contributed by atoms with van der Waals surface area (Å²) in [6.45, 7) is 2.46. The SMILES string of the molecule is COC1(C#N)CCN(CC2(O)CCCC2)CC1. The fourth-order valence-corrected chi connectivity index (χ4v) is 3.04. The molecule has 2 fully saturated rings. The Labute approximate surface area is 103 Å². The zero-order valence-electron chi connectivity index (χ0n) is 10.6. The van der Waals surface area contributed by atoms with E-state index in [1.54, 1.807) is 7.11 Å². The maximum atomic E-state index is 10.4. The van der Waals surface area contributed by atoms with Crippen LogP contribution in [0.4, 0.5) is 0 Å². The summed E-state index contributed by atoms with van der Waals surface area (Å²) in [6.07, 6.45) is 5.63. The molecule has 4 heteroatoms. The van der Waals surface area contributed by atoms with E-state index >= 15 is 0 Å². The maximum Gasteiger partial charge on any atom is 0.156 e. The van der Waals surface area contributed by atoms with Crippen LogP contribution in [-0.4, -0.2) is 48.0 Å². The Morgan fingerprint density at radius 2 is 1.82 bits per heavy atom. The molecule has 0 aromatic heterocycles. The van der Waals surface area contributed by atoms with Crippen LogP contribution in [0, 0.1) is 11.3 Å². The Kier molecular flexibility index (Phi) is 3.72. The van der Waals surface area contributed by atoms with Crippen LogP contribution < -0.4 is 0 Å². The summed E-state index contributed by atoms with van der Waals surface area (Å²) >= 11 is 0. The Balaban J connectivity index is 1.85. The molecule has 0 aromatic rings. The van der Waals surface area contributed by atoms with Gasteiger partial charge in [0.2, 0.25) is 0 Å². The third-order valence-electron chi connectivity index (χ3n) is 4.31. The lowest BCUT2D eigenvalue weighted by Crippen LogP contribution is -2.49. The lowest BCUT2D eigenvalue weighted by molar-refractivity contribution is -0.0428. The Hall–Kier alpha value is -0.630. The van der Waals surface area contributed by atoms with E-state index in [1.807, 2.05) is 0 Å². The highest BCUT2D eigenvalue weighted by Gasteiger charge is 2.38. The molecule has 0 bridgehead atoms. The number of nitriles is 1. The largest absolute Gasteiger partial charge is 0.389 e. The third kappa shape index (κ3) is 2.79. The molecule has 0 amide bonds. The molecule has 0 aromatic carbocycles. The lowest BCUT2D eigenvalue weighted by atomic mass is 9.91. The normalized spacial score (nSPS) is 27.8. The molecular formula is C13H22N2O2. The van der Waals surface area contributed by atoms with E-state index in [1.165, 1.54) is 0 Å². The number of β-amino-alcohol motifs (C(OH)–C–C–N with tert-alkyl or cyclic N) is 1. The van der Waals surface area contributed by atoms with Crippen LogP contribution >= 0.6 is 0 Å². The minimum Gasteiger partial charge on any atom is -0.389 e. The van der Waals surface area contributed by atoms with Gasteiger partial charge in [0.1, 0.15) is 0 Å². The fraction of sp³-hybridized carbons (Fsp3) is 0.923. The van der Waals surface area contributed by atoms with Crippen LogP contribution in [0.25, 0.3) is 0 Å². The molecule has 0 atom stereocenters. The van der Waals surface area contributed by atoms with Gasteiger partial charge in [-0.1, -0.05) is 12.8 Å². The van der Waals surface area contributed by atoms with Crippen molar-refractivity contribution in [1.82, 2.24) is 4.90 Å². The molecule has 1 aliphatic heterocycles. The van der Waals surface area contributed by atoms with Crippen molar-refractivity contribution < 1.29 is 9.84 Å². The van der Waals surface area contributed by atoms with E-state index < -0.39 is 11.2 Å². The van der Waals surface area contributed by atoms with Crippen LogP contribution in [0.2, 0.25) is 0 Å². The molecule has 4 nitrogen and oxygen atoms in total. The zero-order chi connectivity index (χ0) is 12.4. The number of rotatable bonds is 3. The average Bonchev–Trinajstić information content (AvgIpc) is 2.77. The van der Waals surface area contributed by atoms with Gasteiger partial charge in [0, 0.05) is 39.6 Å². The van der Waals surface area contributed by atoms with Gasteiger partial charge in [0.15, 0.2) is 5.60 Å². The van der Waals surface area contributed by atoms with Gasteiger partial charge in [0.05, 0.1) is 11.7 Å². The number of ether oxygens (including phenoxy) is 1. The van der Waals surface area contributed by atoms with Crippen molar-refractivity contribution in [1.29, 1.82) is 5.26 Å². The van der Waals surface area contributed by atoms with E-state index in [2.05, 4.69) is 11.0 Å². The predicted octanol–water partition coefficient (Wildman–Crippen LogP) is 1.30. The Morgan fingerprint density at radius 3 is 2.29 bits per heavy atom. The summed E-state index contributed by atoms with van der Waals surface area (Å²) in [6, 6.07) is 2.28. The lowest BCUT2D eigenvalue weighted by Gasteiger charge is -2.39. The molecule has 1 aliphatic carbocycles. The van der Waals surface area contributed by atoms with E-state index in [-0.39, 0.29) is 0 Å². The molecule has 1 saturated heterocycles. The van der Waals surface area contributed by atoms with Crippen molar-refractivity contribution in [2.75, 3.05) is 26.7 Å². The molecule has 0 spiro atoms. The number of methoxy groups -OCH3 is 1. The van der Waals surface area contributed by atoms with E-state index in [0.717, 1.165) is 58.2 Å². The fourth-order valence-electron chi connectivity index (χ4n) is 3.04. The summed E-state index contributed by atoms with van der Waals surface area (Å²) < 4.78 is 5.32. The van der Waals surface area contributed by atoms with Gasteiger partial charge in [0.25, 0.3) is 0 Å². The predicted molar refractivity (Wildman–Crippen MR) is 64.4 cm³/mol. The average molecular weight is 238 g/mol. The molecule has 1 N–H and O–H groups in total. The van der Waals surface area contributed by atoms with Crippen molar-refractivity contribution in [3.8, 4) is 6.07 Å². The van der Waals surface area contributed by atoms with Crippen molar-refractivity contribution >= 4 is 0 Å². The standard InChI is InChI=1S/C13H22N2O2/c1-17-13(10-14)6-8-15(9-7-13)11-12(16)4-2-3-5-12/h16H,2-9,11H2,1H3. The van der Waals surface area contributed by atoms with Crippen LogP contribution in [0.5, 0.6) is 0 Å².